The van der Waals surface area contributed by atoms with E-state index in [1.54, 1.807) is 11.3 Å². The maximum absolute atomic E-state index is 6.58. The Hall–Kier alpha value is -1.39. The van der Waals surface area contributed by atoms with Crippen LogP contribution >= 0.6 is 93.9 Å². The van der Waals surface area contributed by atoms with Crippen LogP contribution in [0.5, 0.6) is 23.0 Å². The summed E-state index contributed by atoms with van der Waals surface area (Å²) in [6.07, 6.45) is 0. The van der Waals surface area contributed by atoms with E-state index in [0.29, 0.717) is 0 Å². The van der Waals surface area contributed by atoms with Crippen LogP contribution in [0, 0.1) is 0 Å². The van der Waals surface area contributed by atoms with E-state index in [-0.39, 0.29) is 58.5 Å². The van der Waals surface area contributed by atoms with Crippen molar-refractivity contribution in [2.45, 2.75) is 155 Å². The molecule has 21 heteroatoms. The molecule has 5 unspecified atom stereocenters. The van der Waals surface area contributed by atoms with Crippen LogP contribution in [0.2, 0.25) is 5.02 Å². The van der Waals surface area contributed by atoms with E-state index in [0.717, 1.165) is 52.6 Å². The number of thiophene rings is 2. The second-order valence-corrected chi connectivity index (χ2v) is 43.6. The molecule has 5 aliphatic heterocycles. The lowest BCUT2D eigenvalue weighted by molar-refractivity contribution is 0.00578. The summed E-state index contributed by atoms with van der Waals surface area (Å²) >= 11 is 9.84. The van der Waals surface area contributed by atoms with Crippen molar-refractivity contribution in [1.82, 2.24) is 0 Å². The Kier molecular flexibility index (Phi) is 18.7. The SMILES string of the molecule is CC1(C)OB(B2OC(C)(C)C(C)(C)O2)OC1(C)C.CC1(C)c2cc(B3OC(C)(C)C(C)(C)O3)ccc2Oc2c1ccc1c2sc2ccccc21.CC1(C)c2cc(Cl)ccc2Oc2c1ccc1c2sc2ccccc21.PP(P)P.PPP. The molecule has 0 bridgehead atoms. The summed E-state index contributed by atoms with van der Waals surface area (Å²) in [6, 6.07) is 38.3. The fourth-order valence-electron chi connectivity index (χ4n) is 10.6. The minimum atomic E-state index is -0.476. The summed E-state index contributed by atoms with van der Waals surface area (Å²) < 4.78 is 54.4. The van der Waals surface area contributed by atoms with Gasteiger partial charge in [0.25, 0.3) is 0 Å². The van der Waals surface area contributed by atoms with Crippen molar-refractivity contribution in [2.75, 3.05) is 0 Å². The second kappa shape index (κ2) is 23.6. The lowest BCUT2D eigenvalue weighted by Crippen LogP contribution is -2.41. The third kappa shape index (κ3) is 12.3. The summed E-state index contributed by atoms with van der Waals surface area (Å²) in [4.78, 5) is 0. The lowest BCUT2D eigenvalue weighted by Gasteiger charge is -2.35. The summed E-state index contributed by atoms with van der Waals surface area (Å²) in [5, 5.41) is 5.86. The Morgan fingerprint density at radius 3 is 1.17 bits per heavy atom. The van der Waals surface area contributed by atoms with Gasteiger partial charge in [0, 0.05) is 69.1 Å². The molecule has 0 amide bonds. The summed E-state index contributed by atoms with van der Waals surface area (Å²) in [7, 11) is 12.7. The van der Waals surface area contributed by atoms with Crippen molar-refractivity contribution in [3.63, 3.8) is 0 Å². The molecule has 428 valence electrons. The van der Waals surface area contributed by atoms with Gasteiger partial charge in [-0.1, -0.05) is 120 Å². The van der Waals surface area contributed by atoms with Gasteiger partial charge in [-0.15, -0.1) is 67.3 Å². The Balaban J connectivity index is 0.000000144. The normalized spacial score (nSPS) is 20.3. The maximum atomic E-state index is 6.58. The standard InChI is InChI=1S/C27H27BO3S.C21H15ClOS.C12H24B2O4.H6P4.H5P3/c1-25(2)19-13-12-18-17-9-7-8-10-22(17)32-24(18)23(19)29-21-14-11-16(15-20(21)25)28-30-26(3,4)27(5,6)31-28;1-21(2)15-9-8-14-13-5-3-4-6-18(13)24-20(14)19(15)23-17-10-7-12(22)11-16(17)21;1-9(2)10(3,4)16-13(15-9)14-17-11(5,6)12(7,8)18-14;1-4(2)3;1-3-2/h7-15H,1-6H3;3-11H,1-2H3;1-8H3;1-3H2;3H,1-2H2. The van der Waals surface area contributed by atoms with Crippen LogP contribution in [-0.2, 0) is 38.8 Å². The Labute approximate surface area is 509 Å². The molecule has 0 radical (unpaired) electrons. The van der Waals surface area contributed by atoms with Crippen LogP contribution in [0.4, 0.5) is 0 Å². The second-order valence-electron chi connectivity index (χ2n) is 25.1. The van der Waals surface area contributed by atoms with Gasteiger partial charge < -0.3 is 37.4 Å². The van der Waals surface area contributed by atoms with E-state index in [4.69, 9.17) is 49.0 Å². The smallest absolute Gasteiger partial charge is 0.455 e. The van der Waals surface area contributed by atoms with Gasteiger partial charge in [-0.3, -0.25) is 0 Å². The fourth-order valence-corrected chi connectivity index (χ4v) is 13.1. The number of halogens is 1. The topological polar surface area (TPSA) is 73.8 Å². The van der Waals surface area contributed by atoms with Gasteiger partial charge in [0.1, 0.15) is 23.0 Å². The largest absolute Gasteiger partial charge is 0.494 e. The fraction of sp³-hybridized carbons (Fsp3) is 0.400. The van der Waals surface area contributed by atoms with Gasteiger partial charge in [0.05, 0.1) is 43.0 Å². The van der Waals surface area contributed by atoms with Gasteiger partial charge in [-0.2, -0.15) is 0 Å². The Morgan fingerprint density at radius 1 is 0.432 bits per heavy atom. The summed E-state index contributed by atoms with van der Waals surface area (Å²) in [5.41, 5.74) is 3.27. The highest BCUT2D eigenvalue weighted by Gasteiger charge is 2.64. The van der Waals surface area contributed by atoms with Gasteiger partial charge in [0.2, 0.25) is 0 Å². The summed E-state index contributed by atoms with van der Waals surface area (Å²) in [5.74, 6) is 3.80. The van der Waals surface area contributed by atoms with Crippen molar-refractivity contribution in [3.8, 4) is 23.0 Å². The molecule has 3 fully saturated rings. The zero-order valence-corrected chi connectivity index (χ0v) is 59.5. The first kappa shape index (κ1) is 64.1. The number of ether oxygens (including phenoxy) is 2. The zero-order valence-electron chi connectivity index (χ0n) is 49.4. The number of benzene rings is 6. The predicted molar refractivity (Wildman–Crippen MR) is 373 cm³/mol. The van der Waals surface area contributed by atoms with Crippen molar-refractivity contribution in [2.24, 2.45) is 0 Å². The molecule has 6 aromatic carbocycles. The third-order valence-electron chi connectivity index (χ3n) is 17.4. The van der Waals surface area contributed by atoms with Crippen molar-refractivity contribution in [1.29, 1.82) is 0 Å². The highest BCUT2D eigenvalue weighted by Crippen LogP contribution is 2.60. The quantitative estimate of drug-likeness (QED) is 0.125. The van der Waals surface area contributed by atoms with Crippen molar-refractivity contribution >= 4 is 161 Å². The Morgan fingerprint density at radius 2 is 0.778 bits per heavy atom. The molecule has 81 heavy (non-hydrogen) atoms. The molecular weight excluding hydrogens is 1200 g/mol. The molecule has 8 aromatic rings. The molecule has 8 nitrogen and oxygen atoms in total. The van der Waals surface area contributed by atoms with E-state index < -0.39 is 14.0 Å². The number of fused-ring (bicyclic) bond motifs is 12. The van der Waals surface area contributed by atoms with Crippen LogP contribution in [0.15, 0.2) is 109 Å². The molecule has 13 rings (SSSR count). The number of rotatable bonds is 2. The predicted octanol–water partition coefficient (Wildman–Crippen LogP) is 19.3. The minimum absolute atomic E-state index is 0.130. The molecule has 0 spiro atoms. The molecule has 3 saturated heterocycles. The average Bonchev–Trinajstić information content (AvgIpc) is 4.34. The van der Waals surface area contributed by atoms with Gasteiger partial charge in [0.15, 0.2) is 0 Å². The monoisotopic (exact) mass is 1270 g/mol. The Bertz CT molecular complexity index is 3580. The molecule has 0 aliphatic carbocycles. The molecule has 5 atom stereocenters. The van der Waals surface area contributed by atoms with E-state index in [1.165, 1.54) is 51.5 Å². The first-order valence-corrected chi connectivity index (χ1v) is 40.0. The van der Waals surface area contributed by atoms with Gasteiger partial charge in [-0.05, 0) is 132 Å². The molecule has 0 saturated carbocycles. The average molecular weight is 1280 g/mol. The van der Waals surface area contributed by atoms with Crippen LogP contribution in [0.3, 0.4) is 0 Å². The molecule has 2 aromatic heterocycles. The molecule has 7 heterocycles. The first-order chi connectivity index (χ1) is 37.7. The van der Waals surface area contributed by atoms with Crippen LogP contribution < -0.4 is 14.9 Å². The third-order valence-corrected chi connectivity index (χ3v) is 20.0. The van der Waals surface area contributed by atoms with Crippen LogP contribution in [-0.4, -0.2) is 54.7 Å². The molecule has 0 N–H and O–H groups in total. The van der Waals surface area contributed by atoms with Crippen molar-refractivity contribution in [3.05, 3.63) is 136 Å². The highest BCUT2D eigenvalue weighted by molar-refractivity contribution is 8.65. The zero-order chi connectivity index (χ0) is 59.2. The van der Waals surface area contributed by atoms with E-state index in [2.05, 4.69) is 191 Å². The number of hydrogen-bond donors (Lipinski definition) is 0. The van der Waals surface area contributed by atoms with E-state index in [9.17, 15) is 0 Å². The maximum Gasteiger partial charge on any atom is 0.494 e. The lowest BCUT2D eigenvalue weighted by atomic mass is 9.49. The van der Waals surface area contributed by atoms with E-state index in [1.807, 2.05) is 84.9 Å². The number of hydrogen-bond acceptors (Lipinski definition) is 10. The van der Waals surface area contributed by atoms with Gasteiger partial charge >= 0.3 is 21.1 Å². The first-order valence-electron chi connectivity index (χ1n) is 27.1. The molecular formula is C60H77B3ClO8P7S2. The molecule has 5 aliphatic rings. The van der Waals surface area contributed by atoms with Crippen LogP contribution in [0.25, 0.3) is 40.3 Å². The van der Waals surface area contributed by atoms with E-state index >= 15 is 0 Å². The van der Waals surface area contributed by atoms with Crippen LogP contribution in [0.1, 0.15) is 133 Å². The minimum Gasteiger partial charge on any atom is -0.455 e. The van der Waals surface area contributed by atoms with Gasteiger partial charge in [-0.25, -0.2) is 0 Å². The summed E-state index contributed by atoms with van der Waals surface area (Å²) in [6.45, 7) is 33.7. The van der Waals surface area contributed by atoms with Crippen molar-refractivity contribution < 1.29 is 37.4 Å². The highest BCUT2D eigenvalue weighted by atomic mass is 35.5.